The summed E-state index contributed by atoms with van der Waals surface area (Å²) in [6.07, 6.45) is 1.38. The lowest BCUT2D eigenvalue weighted by molar-refractivity contribution is -0.120. The summed E-state index contributed by atoms with van der Waals surface area (Å²) in [6.45, 7) is 6.21. The smallest absolute Gasteiger partial charge is 0.318 e. The fraction of sp³-hybridized carbons (Fsp3) is 0.296. The van der Waals surface area contributed by atoms with Gasteiger partial charge in [0.25, 0.3) is 5.91 Å². The largest absolute Gasteiger partial charge is 0.464 e. The van der Waals surface area contributed by atoms with Crippen molar-refractivity contribution in [3.05, 3.63) is 82.5 Å². The molecule has 2 amide bonds. The zero-order chi connectivity index (χ0) is 26.5. The molecule has 1 unspecified atom stereocenters. The summed E-state index contributed by atoms with van der Waals surface area (Å²) in [6, 6.07) is 16.7. The molecule has 192 valence electrons. The summed E-state index contributed by atoms with van der Waals surface area (Å²) in [7, 11) is 0. The Hall–Kier alpha value is -3.98. The molecule has 3 N–H and O–H groups in total. The standard InChI is InChI=1S/C27H29ClN6O3/c1-4-37-27-30-14-20(26(36)31-22(16(2)3)24(29)35)25(32-27)34-15-21(17-8-6-5-7-9-17)23(33-34)18-10-12-19(28)13-11-18/h5-14,16,21-22H,4,15H2,1-3H3,(H2,29,35)(H,31,36)/t21?,22-/m0/s1. The first-order valence-electron chi connectivity index (χ1n) is 12.0. The highest BCUT2D eigenvalue weighted by Gasteiger charge is 2.34. The number of carbonyl (C=O) groups excluding carboxylic acids is 2. The molecule has 0 radical (unpaired) electrons. The van der Waals surface area contributed by atoms with Crippen LogP contribution in [0.5, 0.6) is 6.01 Å². The second-order valence-corrected chi connectivity index (χ2v) is 9.39. The minimum atomic E-state index is -0.851. The molecule has 0 fully saturated rings. The van der Waals surface area contributed by atoms with E-state index in [1.807, 2.05) is 61.5 Å². The Kier molecular flexibility index (Phi) is 8.03. The van der Waals surface area contributed by atoms with E-state index < -0.39 is 17.9 Å². The molecule has 0 bridgehead atoms. The van der Waals surface area contributed by atoms with Crippen molar-refractivity contribution < 1.29 is 14.3 Å². The lowest BCUT2D eigenvalue weighted by atomic mass is 9.90. The fourth-order valence-electron chi connectivity index (χ4n) is 4.16. The van der Waals surface area contributed by atoms with Crippen molar-refractivity contribution in [2.45, 2.75) is 32.7 Å². The van der Waals surface area contributed by atoms with Crippen LogP contribution in [0.1, 0.15) is 48.2 Å². The van der Waals surface area contributed by atoms with Gasteiger partial charge in [-0.05, 0) is 36.1 Å². The zero-order valence-electron chi connectivity index (χ0n) is 20.9. The average molecular weight is 521 g/mol. The van der Waals surface area contributed by atoms with Crippen molar-refractivity contribution in [3.63, 3.8) is 0 Å². The molecule has 2 heterocycles. The minimum Gasteiger partial charge on any atom is -0.464 e. The number of ether oxygens (including phenoxy) is 1. The minimum absolute atomic E-state index is 0.0992. The third kappa shape index (κ3) is 5.89. The molecule has 9 nitrogen and oxygen atoms in total. The molecule has 3 aromatic rings. The Morgan fingerprint density at radius 1 is 1.16 bits per heavy atom. The summed E-state index contributed by atoms with van der Waals surface area (Å²) < 4.78 is 5.52. The number of nitrogens with zero attached hydrogens (tertiary/aromatic N) is 4. The second kappa shape index (κ2) is 11.4. The number of nitrogens with two attached hydrogens (primary N) is 1. The van der Waals surface area contributed by atoms with E-state index >= 15 is 0 Å². The van der Waals surface area contributed by atoms with Gasteiger partial charge in [-0.2, -0.15) is 10.1 Å². The number of amides is 2. The number of hydrazone groups is 1. The molecule has 0 aliphatic carbocycles. The normalized spacial score (nSPS) is 15.9. The number of primary amides is 1. The molecule has 4 rings (SSSR count). The topological polar surface area (TPSA) is 123 Å². The van der Waals surface area contributed by atoms with Crippen LogP contribution in [0.4, 0.5) is 5.82 Å². The molecule has 10 heteroatoms. The van der Waals surface area contributed by atoms with Gasteiger partial charge in [-0.25, -0.2) is 9.99 Å². The van der Waals surface area contributed by atoms with E-state index in [2.05, 4.69) is 15.3 Å². The predicted molar refractivity (Wildman–Crippen MR) is 143 cm³/mol. The van der Waals surface area contributed by atoms with E-state index in [0.29, 0.717) is 18.2 Å². The average Bonchev–Trinajstić information content (AvgIpc) is 3.33. The van der Waals surface area contributed by atoms with Crippen LogP contribution in [-0.2, 0) is 4.79 Å². The van der Waals surface area contributed by atoms with Crippen LogP contribution in [0.15, 0.2) is 65.9 Å². The summed E-state index contributed by atoms with van der Waals surface area (Å²) in [5, 5.41) is 9.92. The van der Waals surface area contributed by atoms with E-state index in [0.717, 1.165) is 16.8 Å². The summed E-state index contributed by atoms with van der Waals surface area (Å²) in [5.41, 5.74) is 8.45. The van der Waals surface area contributed by atoms with Crippen molar-refractivity contribution in [2.24, 2.45) is 16.8 Å². The van der Waals surface area contributed by atoms with E-state index in [1.165, 1.54) is 6.20 Å². The Bertz CT molecular complexity index is 1300. The maximum Gasteiger partial charge on any atom is 0.318 e. The lowest BCUT2D eigenvalue weighted by Crippen LogP contribution is -2.48. The summed E-state index contributed by atoms with van der Waals surface area (Å²) >= 11 is 6.13. The first kappa shape index (κ1) is 26.1. The van der Waals surface area contributed by atoms with E-state index in [4.69, 9.17) is 27.2 Å². The maximum absolute atomic E-state index is 13.3. The van der Waals surface area contributed by atoms with E-state index in [1.54, 1.807) is 18.9 Å². The number of hydrogen-bond acceptors (Lipinski definition) is 7. The Balaban J connectivity index is 1.78. The highest BCUT2D eigenvalue weighted by atomic mass is 35.5. The van der Waals surface area contributed by atoms with Gasteiger partial charge in [0.1, 0.15) is 11.6 Å². The Morgan fingerprint density at radius 2 is 1.86 bits per heavy atom. The quantitative estimate of drug-likeness (QED) is 0.442. The number of halogens is 1. The van der Waals surface area contributed by atoms with E-state index in [9.17, 15) is 9.59 Å². The molecule has 0 spiro atoms. The van der Waals surface area contributed by atoms with Gasteiger partial charge in [0.15, 0.2) is 5.82 Å². The molecule has 1 aliphatic rings. The molecule has 1 aromatic heterocycles. The third-order valence-corrected chi connectivity index (χ3v) is 6.28. The molecule has 37 heavy (non-hydrogen) atoms. The molecule has 2 aromatic carbocycles. The van der Waals surface area contributed by atoms with Crippen LogP contribution in [0.3, 0.4) is 0 Å². The lowest BCUT2D eigenvalue weighted by Gasteiger charge is -2.22. The number of rotatable bonds is 9. The van der Waals surface area contributed by atoms with Crippen LogP contribution in [0, 0.1) is 5.92 Å². The zero-order valence-corrected chi connectivity index (χ0v) is 21.6. The highest BCUT2D eigenvalue weighted by Crippen LogP contribution is 2.33. The number of carbonyl (C=O) groups is 2. The molecule has 2 atom stereocenters. The first-order chi connectivity index (χ1) is 17.8. The molecule has 1 aliphatic heterocycles. The summed E-state index contributed by atoms with van der Waals surface area (Å²) in [4.78, 5) is 34.0. The van der Waals surface area contributed by atoms with Crippen LogP contribution in [-0.4, -0.2) is 46.7 Å². The molecular weight excluding hydrogens is 492 g/mol. The van der Waals surface area contributed by atoms with Gasteiger partial charge in [0.05, 0.1) is 18.9 Å². The monoisotopic (exact) mass is 520 g/mol. The summed E-state index contributed by atoms with van der Waals surface area (Å²) in [5.74, 6) is -1.17. The Labute approximate surface area is 220 Å². The number of benzene rings is 2. The first-order valence-corrected chi connectivity index (χ1v) is 12.4. The van der Waals surface area contributed by atoms with Crippen molar-refractivity contribution in [1.29, 1.82) is 0 Å². The van der Waals surface area contributed by atoms with Gasteiger partial charge in [-0.3, -0.25) is 9.59 Å². The number of anilines is 1. The van der Waals surface area contributed by atoms with Crippen molar-refractivity contribution in [3.8, 4) is 6.01 Å². The van der Waals surface area contributed by atoms with Crippen LogP contribution >= 0.6 is 11.6 Å². The van der Waals surface area contributed by atoms with Crippen LogP contribution in [0.2, 0.25) is 5.02 Å². The third-order valence-electron chi connectivity index (χ3n) is 6.02. The molecule has 0 saturated heterocycles. The van der Waals surface area contributed by atoms with Gasteiger partial charge >= 0.3 is 6.01 Å². The van der Waals surface area contributed by atoms with Gasteiger partial charge in [-0.1, -0.05) is 67.9 Å². The Morgan fingerprint density at radius 3 is 2.49 bits per heavy atom. The SMILES string of the molecule is CCOc1ncc(C(=O)N[C@H](C(N)=O)C(C)C)c(N2CC(c3ccccc3)C(c3ccc(Cl)cc3)=N2)n1. The van der Waals surface area contributed by atoms with Gasteiger partial charge in [-0.15, -0.1) is 0 Å². The predicted octanol–water partition coefficient (Wildman–Crippen LogP) is 3.78. The van der Waals surface area contributed by atoms with Gasteiger partial charge < -0.3 is 15.8 Å². The fourth-order valence-corrected chi connectivity index (χ4v) is 4.29. The number of aromatic nitrogens is 2. The van der Waals surface area contributed by atoms with Gasteiger partial charge in [0.2, 0.25) is 5.91 Å². The number of hydrogen-bond donors (Lipinski definition) is 2. The number of nitrogens with one attached hydrogen (secondary N) is 1. The molecular formula is C27H29ClN6O3. The maximum atomic E-state index is 13.3. The van der Waals surface area contributed by atoms with E-state index in [-0.39, 0.29) is 29.2 Å². The van der Waals surface area contributed by atoms with Crippen LogP contribution < -0.4 is 20.8 Å². The van der Waals surface area contributed by atoms with Crippen molar-refractivity contribution in [1.82, 2.24) is 15.3 Å². The highest BCUT2D eigenvalue weighted by molar-refractivity contribution is 6.30. The van der Waals surface area contributed by atoms with Gasteiger partial charge in [0, 0.05) is 17.1 Å². The van der Waals surface area contributed by atoms with Crippen molar-refractivity contribution in [2.75, 3.05) is 18.2 Å². The molecule has 0 saturated carbocycles. The second-order valence-electron chi connectivity index (χ2n) is 8.96. The van der Waals surface area contributed by atoms with Crippen LogP contribution in [0.25, 0.3) is 0 Å². The van der Waals surface area contributed by atoms with Crippen molar-refractivity contribution >= 4 is 34.9 Å².